The van der Waals surface area contributed by atoms with Gasteiger partial charge >= 0.3 is 0 Å². The van der Waals surface area contributed by atoms with Crippen molar-refractivity contribution in [1.29, 1.82) is 0 Å². The average molecular weight is 379 g/mol. The van der Waals surface area contributed by atoms with Crippen LogP contribution in [0.2, 0.25) is 0 Å². The molecule has 0 heterocycles. The highest BCUT2D eigenvalue weighted by atomic mass is 127. The van der Waals surface area contributed by atoms with E-state index in [0.29, 0.717) is 11.4 Å². The highest BCUT2D eigenvalue weighted by molar-refractivity contribution is 14.0. The van der Waals surface area contributed by atoms with Gasteiger partial charge in [0.2, 0.25) is 0 Å². The maximum atomic E-state index is 5.82. The maximum absolute atomic E-state index is 5.82. The van der Waals surface area contributed by atoms with Crippen LogP contribution < -0.4 is 11.1 Å². The molecule has 0 saturated heterocycles. The Morgan fingerprint density at radius 1 is 1.11 bits per heavy atom. The Labute approximate surface area is 135 Å². The Kier molecular flexibility index (Phi) is 7.47. The number of nitrogens with two attached hydrogens (primary N) is 1. The third-order valence-corrected chi connectivity index (χ3v) is 5.18. The summed E-state index contributed by atoms with van der Waals surface area (Å²) in [7, 11) is 1.76. The van der Waals surface area contributed by atoms with Crippen molar-refractivity contribution in [2.24, 2.45) is 22.1 Å². The van der Waals surface area contributed by atoms with Gasteiger partial charge in [-0.25, -0.2) is 0 Å². The fourth-order valence-corrected chi connectivity index (χ4v) is 4.05. The van der Waals surface area contributed by atoms with Crippen molar-refractivity contribution in [1.82, 2.24) is 5.32 Å². The molecule has 3 N–H and O–H groups in total. The van der Waals surface area contributed by atoms with Crippen molar-refractivity contribution in [3.63, 3.8) is 0 Å². The van der Waals surface area contributed by atoms with Crippen LogP contribution in [0.15, 0.2) is 4.99 Å². The van der Waals surface area contributed by atoms with Crippen LogP contribution in [0.3, 0.4) is 0 Å². The van der Waals surface area contributed by atoms with Crippen molar-refractivity contribution in [2.45, 2.75) is 64.2 Å². The van der Waals surface area contributed by atoms with Gasteiger partial charge in [-0.2, -0.15) is 0 Å². The molecule has 0 aromatic heterocycles. The molecule has 0 atom stereocenters. The number of halogens is 1. The van der Waals surface area contributed by atoms with Crippen LogP contribution in [-0.2, 0) is 0 Å². The number of hydrogen-bond acceptors (Lipinski definition) is 1. The predicted molar refractivity (Wildman–Crippen MR) is 93.1 cm³/mol. The fourth-order valence-electron chi connectivity index (χ4n) is 4.05. The summed E-state index contributed by atoms with van der Waals surface area (Å²) < 4.78 is 0. The van der Waals surface area contributed by atoms with Gasteiger partial charge in [0.25, 0.3) is 0 Å². The van der Waals surface area contributed by atoms with Crippen LogP contribution in [0.25, 0.3) is 0 Å². The molecule has 2 aliphatic carbocycles. The standard InChI is InChI=1S/C15H29N3.HI/c1-17-14(16)18-12-15(10-6-3-7-11-15)13-8-4-2-5-9-13;/h13H,2-12H2,1H3,(H3,16,17,18);1H. The Hall–Kier alpha value is 0. The lowest BCUT2D eigenvalue weighted by atomic mass is 9.61. The summed E-state index contributed by atoms with van der Waals surface area (Å²) in [5, 5.41) is 3.37. The molecule has 2 fully saturated rings. The molecule has 0 aliphatic heterocycles. The summed E-state index contributed by atoms with van der Waals surface area (Å²) in [6.45, 7) is 1.04. The van der Waals surface area contributed by atoms with Crippen molar-refractivity contribution >= 4 is 29.9 Å². The zero-order valence-electron chi connectivity index (χ0n) is 12.3. The van der Waals surface area contributed by atoms with E-state index in [1.807, 2.05) is 0 Å². The average Bonchev–Trinajstić information content (AvgIpc) is 2.46. The molecule has 112 valence electrons. The first-order valence-corrected chi connectivity index (χ1v) is 7.73. The minimum atomic E-state index is 0. The number of nitrogens with one attached hydrogen (secondary N) is 1. The van der Waals surface area contributed by atoms with Crippen LogP contribution in [0.1, 0.15) is 64.2 Å². The van der Waals surface area contributed by atoms with Gasteiger partial charge in [0.15, 0.2) is 5.96 Å². The summed E-state index contributed by atoms with van der Waals surface area (Å²) in [5.41, 5.74) is 6.33. The van der Waals surface area contributed by atoms with Crippen molar-refractivity contribution in [3.8, 4) is 0 Å². The smallest absolute Gasteiger partial charge is 0.188 e. The zero-order chi connectivity index (χ0) is 12.8. The van der Waals surface area contributed by atoms with Crippen LogP contribution >= 0.6 is 24.0 Å². The van der Waals surface area contributed by atoms with Gasteiger partial charge in [-0.3, -0.25) is 4.99 Å². The lowest BCUT2D eigenvalue weighted by Crippen LogP contribution is -2.46. The number of rotatable bonds is 3. The number of aliphatic imine (C=N–C) groups is 1. The normalized spacial score (nSPS) is 24.6. The molecule has 0 spiro atoms. The molecule has 2 rings (SSSR count). The second kappa shape index (κ2) is 8.32. The molecule has 2 aliphatic rings. The van der Waals surface area contributed by atoms with E-state index in [2.05, 4.69) is 10.3 Å². The molecular weight excluding hydrogens is 349 g/mol. The zero-order valence-corrected chi connectivity index (χ0v) is 14.6. The van der Waals surface area contributed by atoms with Crippen LogP contribution in [-0.4, -0.2) is 19.6 Å². The van der Waals surface area contributed by atoms with Gasteiger partial charge in [-0.05, 0) is 37.0 Å². The van der Waals surface area contributed by atoms with E-state index in [1.165, 1.54) is 64.2 Å². The third-order valence-electron chi connectivity index (χ3n) is 5.18. The second-order valence-electron chi connectivity index (χ2n) is 6.22. The van der Waals surface area contributed by atoms with Crippen molar-refractivity contribution < 1.29 is 0 Å². The molecule has 0 unspecified atom stereocenters. The van der Waals surface area contributed by atoms with Crippen LogP contribution in [0.5, 0.6) is 0 Å². The number of hydrogen-bond donors (Lipinski definition) is 2. The molecule has 0 aromatic rings. The molecule has 2 saturated carbocycles. The molecule has 0 aromatic carbocycles. The Balaban J connectivity index is 0.00000180. The summed E-state index contributed by atoms with van der Waals surface area (Å²) >= 11 is 0. The highest BCUT2D eigenvalue weighted by Crippen LogP contribution is 2.47. The van der Waals surface area contributed by atoms with E-state index in [-0.39, 0.29) is 24.0 Å². The predicted octanol–water partition coefficient (Wildman–Crippen LogP) is 3.67. The van der Waals surface area contributed by atoms with Gasteiger partial charge < -0.3 is 11.1 Å². The van der Waals surface area contributed by atoms with Gasteiger partial charge in [-0.1, -0.05) is 38.5 Å². The lowest BCUT2D eigenvalue weighted by molar-refractivity contribution is 0.0713. The Morgan fingerprint density at radius 2 is 1.68 bits per heavy atom. The van der Waals surface area contributed by atoms with Gasteiger partial charge in [0.1, 0.15) is 0 Å². The summed E-state index contributed by atoms with van der Waals surface area (Å²) in [4.78, 5) is 4.03. The third kappa shape index (κ3) is 4.50. The Bertz CT molecular complexity index is 279. The van der Waals surface area contributed by atoms with Gasteiger partial charge in [-0.15, -0.1) is 24.0 Å². The van der Waals surface area contributed by atoms with Crippen molar-refractivity contribution in [2.75, 3.05) is 13.6 Å². The molecule has 4 heteroatoms. The van der Waals surface area contributed by atoms with E-state index in [9.17, 15) is 0 Å². The minimum Gasteiger partial charge on any atom is -0.370 e. The SMILES string of the molecule is CN=C(N)NCC1(C2CCCCC2)CCCCC1.I. The topological polar surface area (TPSA) is 50.4 Å². The molecule has 0 radical (unpaired) electrons. The first-order valence-electron chi connectivity index (χ1n) is 7.73. The van der Waals surface area contributed by atoms with E-state index in [1.54, 1.807) is 7.05 Å². The van der Waals surface area contributed by atoms with Crippen LogP contribution in [0, 0.1) is 11.3 Å². The van der Waals surface area contributed by atoms with Gasteiger partial charge in [0.05, 0.1) is 0 Å². The minimum absolute atomic E-state index is 0. The Morgan fingerprint density at radius 3 is 2.26 bits per heavy atom. The first kappa shape index (κ1) is 17.1. The summed E-state index contributed by atoms with van der Waals surface area (Å²) in [5.74, 6) is 1.53. The molecule has 0 amide bonds. The highest BCUT2D eigenvalue weighted by Gasteiger charge is 2.39. The van der Waals surface area contributed by atoms with Gasteiger partial charge in [0, 0.05) is 13.6 Å². The molecule has 19 heavy (non-hydrogen) atoms. The maximum Gasteiger partial charge on any atom is 0.188 e. The van der Waals surface area contributed by atoms with E-state index < -0.39 is 0 Å². The van der Waals surface area contributed by atoms with E-state index in [4.69, 9.17) is 5.73 Å². The van der Waals surface area contributed by atoms with Crippen LogP contribution in [0.4, 0.5) is 0 Å². The van der Waals surface area contributed by atoms with Crippen molar-refractivity contribution in [3.05, 3.63) is 0 Å². The monoisotopic (exact) mass is 379 g/mol. The second-order valence-corrected chi connectivity index (χ2v) is 6.22. The number of nitrogens with zero attached hydrogens (tertiary/aromatic N) is 1. The molecular formula is C15H30IN3. The molecule has 3 nitrogen and oxygen atoms in total. The first-order chi connectivity index (χ1) is 8.77. The summed E-state index contributed by atoms with van der Waals surface area (Å²) in [6, 6.07) is 0. The summed E-state index contributed by atoms with van der Waals surface area (Å²) in [6.07, 6.45) is 14.2. The van der Waals surface area contributed by atoms with E-state index >= 15 is 0 Å². The quantitative estimate of drug-likeness (QED) is 0.447. The largest absolute Gasteiger partial charge is 0.370 e. The fraction of sp³-hybridized carbons (Fsp3) is 0.933. The number of guanidine groups is 1. The molecule has 0 bridgehead atoms. The van der Waals surface area contributed by atoms with E-state index in [0.717, 1.165) is 12.5 Å². The lowest BCUT2D eigenvalue weighted by Gasteiger charge is -2.45.